The van der Waals surface area contributed by atoms with Crippen LogP contribution in [0.25, 0.3) is 16.6 Å². The summed E-state index contributed by atoms with van der Waals surface area (Å²) < 4.78 is 7.74. The van der Waals surface area contributed by atoms with Gasteiger partial charge in [-0.2, -0.15) is 0 Å². The number of hydrogen-bond acceptors (Lipinski definition) is 2. The molecule has 0 amide bonds. The van der Waals surface area contributed by atoms with Crippen molar-refractivity contribution in [3.8, 4) is 16.9 Å². The molecule has 3 nitrogen and oxygen atoms in total. The maximum Gasteiger partial charge on any atom is 0.167 e. The third kappa shape index (κ3) is 3.89. The number of aldehydes is 1. The zero-order valence-corrected chi connectivity index (χ0v) is 17.4. The van der Waals surface area contributed by atoms with Crippen molar-refractivity contribution >= 4 is 35.0 Å². The Bertz CT molecular complexity index is 1180. The van der Waals surface area contributed by atoms with Crippen molar-refractivity contribution in [2.75, 3.05) is 0 Å². The number of rotatable bonds is 6. The number of fused-ring (bicyclic) bond motifs is 1. The molecule has 0 fully saturated rings. The normalized spacial score (nSPS) is 11.0. The highest BCUT2D eigenvalue weighted by atomic mass is 35.5. The third-order valence-corrected chi connectivity index (χ3v) is 5.55. The molecular formula is C24H19Cl2NO2. The van der Waals surface area contributed by atoms with Gasteiger partial charge in [0.2, 0.25) is 0 Å². The summed E-state index contributed by atoms with van der Waals surface area (Å²) in [5.41, 5.74) is 5.11. The summed E-state index contributed by atoms with van der Waals surface area (Å²) >= 11 is 13.0. The topological polar surface area (TPSA) is 30.7 Å². The second kappa shape index (κ2) is 8.32. The van der Waals surface area contributed by atoms with Gasteiger partial charge in [0, 0.05) is 28.9 Å². The number of carbonyl (C=O) groups excluding carboxylic acids is 1. The van der Waals surface area contributed by atoms with E-state index >= 15 is 0 Å². The molecule has 4 aromatic rings. The Morgan fingerprint density at radius 3 is 2.45 bits per heavy atom. The van der Waals surface area contributed by atoms with Crippen LogP contribution in [-0.4, -0.2) is 10.7 Å². The van der Waals surface area contributed by atoms with E-state index in [1.54, 1.807) is 12.1 Å². The molecule has 2 aromatic carbocycles. The summed E-state index contributed by atoms with van der Waals surface area (Å²) in [7, 11) is 0. The van der Waals surface area contributed by atoms with E-state index < -0.39 is 0 Å². The third-order valence-electron chi connectivity index (χ3n) is 4.94. The van der Waals surface area contributed by atoms with E-state index in [9.17, 15) is 4.79 Å². The van der Waals surface area contributed by atoms with E-state index in [2.05, 4.69) is 13.0 Å². The highest BCUT2D eigenvalue weighted by Gasteiger charge is 2.17. The molecule has 4 rings (SSSR count). The van der Waals surface area contributed by atoms with Gasteiger partial charge in [0.15, 0.2) is 6.29 Å². The Hall–Kier alpha value is -2.75. The number of hydrogen-bond donors (Lipinski definition) is 0. The largest absolute Gasteiger partial charge is 0.487 e. The van der Waals surface area contributed by atoms with E-state index in [0.717, 1.165) is 34.9 Å². The lowest BCUT2D eigenvalue weighted by atomic mass is 10.1. The first-order valence-corrected chi connectivity index (χ1v) is 10.1. The molecule has 0 aliphatic heterocycles. The van der Waals surface area contributed by atoms with E-state index in [-0.39, 0.29) is 0 Å². The monoisotopic (exact) mass is 423 g/mol. The second-order valence-electron chi connectivity index (χ2n) is 6.78. The number of aryl methyl sites for hydroxylation is 1. The smallest absolute Gasteiger partial charge is 0.167 e. The fourth-order valence-corrected chi connectivity index (χ4v) is 3.83. The molecule has 146 valence electrons. The lowest BCUT2D eigenvalue weighted by Crippen LogP contribution is -1.97. The van der Waals surface area contributed by atoms with Crippen LogP contribution >= 0.6 is 23.2 Å². The van der Waals surface area contributed by atoms with Gasteiger partial charge in [-0.3, -0.25) is 4.79 Å². The molecule has 0 aliphatic rings. The highest BCUT2D eigenvalue weighted by molar-refractivity contribution is 6.36. The van der Waals surface area contributed by atoms with Gasteiger partial charge in [0.1, 0.15) is 12.4 Å². The van der Waals surface area contributed by atoms with E-state index in [1.807, 2.05) is 53.1 Å². The molecule has 5 heteroatoms. The van der Waals surface area contributed by atoms with Crippen LogP contribution in [0.2, 0.25) is 10.0 Å². The summed E-state index contributed by atoms with van der Waals surface area (Å²) in [6.45, 7) is 2.47. The van der Waals surface area contributed by atoms with Crippen LogP contribution in [-0.2, 0) is 13.0 Å². The summed E-state index contributed by atoms with van der Waals surface area (Å²) in [5.74, 6) is 0.508. The van der Waals surface area contributed by atoms with Gasteiger partial charge < -0.3 is 9.14 Å². The first kappa shape index (κ1) is 19.6. The predicted octanol–water partition coefficient (Wildman–Crippen LogP) is 6.87. The van der Waals surface area contributed by atoms with Crippen LogP contribution in [0.3, 0.4) is 0 Å². The van der Waals surface area contributed by atoms with Crippen LogP contribution in [0.1, 0.15) is 28.5 Å². The van der Waals surface area contributed by atoms with Gasteiger partial charge in [0.05, 0.1) is 15.7 Å². The molecule has 0 aliphatic carbocycles. The van der Waals surface area contributed by atoms with E-state index in [0.29, 0.717) is 33.7 Å². The molecule has 0 N–H and O–H groups in total. The minimum absolute atomic E-state index is 0.395. The van der Waals surface area contributed by atoms with Crippen LogP contribution in [0, 0.1) is 0 Å². The first-order chi connectivity index (χ1) is 14.1. The van der Waals surface area contributed by atoms with Crippen LogP contribution in [0.4, 0.5) is 0 Å². The van der Waals surface area contributed by atoms with Crippen molar-refractivity contribution in [3.05, 3.63) is 93.7 Å². The van der Waals surface area contributed by atoms with Gasteiger partial charge in [-0.05, 0) is 35.7 Å². The van der Waals surface area contributed by atoms with Crippen LogP contribution in [0.15, 0.2) is 66.9 Å². The van der Waals surface area contributed by atoms with Gasteiger partial charge in [0.25, 0.3) is 0 Å². The molecule has 0 atom stereocenters. The van der Waals surface area contributed by atoms with Crippen molar-refractivity contribution in [2.45, 2.75) is 20.0 Å². The Kier molecular flexibility index (Phi) is 5.61. The van der Waals surface area contributed by atoms with Crippen molar-refractivity contribution in [1.29, 1.82) is 0 Å². The zero-order chi connectivity index (χ0) is 20.4. The highest BCUT2D eigenvalue weighted by Crippen LogP contribution is 2.39. The average Bonchev–Trinajstić information content (AvgIpc) is 3.12. The number of halogens is 2. The maximum absolute atomic E-state index is 11.9. The molecular weight excluding hydrogens is 405 g/mol. The molecule has 0 unspecified atom stereocenters. The molecule has 0 radical (unpaired) electrons. The van der Waals surface area contributed by atoms with Crippen molar-refractivity contribution in [1.82, 2.24) is 4.40 Å². The Morgan fingerprint density at radius 2 is 1.72 bits per heavy atom. The zero-order valence-electron chi connectivity index (χ0n) is 15.9. The molecule has 0 bridgehead atoms. The number of pyridine rings is 1. The number of aromatic nitrogens is 1. The Morgan fingerprint density at radius 1 is 0.931 bits per heavy atom. The van der Waals surface area contributed by atoms with E-state index in [4.69, 9.17) is 27.9 Å². The molecule has 2 aromatic heterocycles. The number of benzene rings is 2. The minimum Gasteiger partial charge on any atom is -0.487 e. The summed E-state index contributed by atoms with van der Waals surface area (Å²) in [6, 6.07) is 19.3. The number of carbonyl (C=O) groups is 1. The fraction of sp³-hybridized carbons (Fsp3) is 0.125. The lowest BCUT2D eigenvalue weighted by Gasteiger charge is -2.12. The van der Waals surface area contributed by atoms with Gasteiger partial charge in [-0.15, -0.1) is 0 Å². The Balaban J connectivity index is 1.72. The van der Waals surface area contributed by atoms with Gasteiger partial charge in [-0.25, -0.2) is 0 Å². The first-order valence-electron chi connectivity index (χ1n) is 9.36. The van der Waals surface area contributed by atoms with Gasteiger partial charge >= 0.3 is 0 Å². The second-order valence-corrected chi connectivity index (χ2v) is 7.60. The minimum atomic E-state index is 0.395. The SMILES string of the molecule is CCc1ccc2cc(-c3cc(Cl)c(OCc4ccccc4)cc3Cl)c(C=O)n2c1. The van der Waals surface area contributed by atoms with Crippen LogP contribution < -0.4 is 4.74 Å². The van der Waals surface area contributed by atoms with Crippen LogP contribution in [0.5, 0.6) is 5.75 Å². The molecule has 0 saturated heterocycles. The predicted molar refractivity (Wildman–Crippen MR) is 118 cm³/mol. The molecule has 0 spiro atoms. The van der Waals surface area contributed by atoms with Gasteiger partial charge in [-0.1, -0.05) is 66.5 Å². The summed E-state index contributed by atoms with van der Waals surface area (Å²) in [6.07, 6.45) is 3.73. The molecule has 0 saturated carbocycles. The standard InChI is InChI=1S/C24H19Cl2NO2/c1-2-16-8-9-18-10-20(23(14-28)27(18)13-16)19-11-22(26)24(12-21(19)25)29-15-17-6-4-3-5-7-17/h3-14H,2,15H2,1H3. The average molecular weight is 424 g/mol. The Labute approximate surface area is 179 Å². The lowest BCUT2D eigenvalue weighted by molar-refractivity contribution is 0.111. The van der Waals surface area contributed by atoms with Crippen molar-refractivity contribution in [3.63, 3.8) is 0 Å². The molecule has 29 heavy (non-hydrogen) atoms. The number of nitrogens with zero attached hydrogens (tertiary/aromatic N) is 1. The summed E-state index contributed by atoms with van der Waals surface area (Å²) in [4.78, 5) is 11.9. The summed E-state index contributed by atoms with van der Waals surface area (Å²) in [5, 5.41) is 0.925. The van der Waals surface area contributed by atoms with Crippen molar-refractivity contribution in [2.24, 2.45) is 0 Å². The quantitative estimate of drug-likeness (QED) is 0.316. The number of ether oxygens (including phenoxy) is 1. The van der Waals surface area contributed by atoms with E-state index in [1.165, 1.54) is 0 Å². The fourth-order valence-electron chi connectivity index (χ4n) is 3.36. The van der Waals surface area contributed by atoms with Crippen molar-refractivity contribution < 1.29 is 9.53 Å². The maximum atomic E-state index is 11.9. The molecule has 2 heterocycles.